The largest absolute Gasteiger partial charge is 0.427 e. The molecule has 0 saturated carbocycles. The number of nitrogens with one attached hydrogen (secondary N) is 1. The molecule has 3 aliphatic rings. The van der Waals surface area contributed by atoms with Gasteiger partial charge in [-0.15, -0.1) is 0 Å². The third kappa shape index (κ3) is 18.4. The molecule has 0 bridgehead atoms. The molecule has 1 atom stereocenters. The number of carbonyl (C=O) groups is 4. The molecule has 448 valence electrons. The fourth-order valence-corrected chi connectivity index (χ4v) is 12.3. The molecule has 7 rings (SSSR count). The molecule has 81 heavy (non-hydrogen) atoms. The second kappa shape index (κ2) is 32.8. The Balaban J connectivity index is 1.03. The van der Waals surface area contributed by atoms with Crippen LogP contribution in [-0.4, -0.2) is 166 Å². The standard InChI is InChI=1S/C64H100N10O7/c1-7-11-15-21-31-71(32-22-16-12-8-2)63(78)80-48-73-47-54-44-51(43-50(5)59(54)66-73)45-57(61(76)69-41-39-68(40-42-69)55-29-35-67(6)36-30-55)65-62(77)70-37-27-52(28-38-70)56-46-53-25-19-20-26-58(53)74(60(56)75)49-81-64(79)72(33-23-17-13-9-3)34-24-18-14-10-4/h19-20,25-26,43-44,46-47,52,55,57H,7-18,21-24,27-42,45,48-49H2,1-6H3,(H,65,77). The minimum Gasteiger partial charge on any atom is -0.427 e. The van der Waals surface area contributed by atoms with Gasteiger partial charge in [0.05, 0.1) is 11.0 Å². The number of likely N-dealkylation sites (tertiary alicyclic amines) is 2. The number of urea groups is 1. The first-order chi connectivity index (χ1) is 39.4. The molecule has 0 radical (unpaired) electrons. The van der Waals surface area contributed by atoms with E-state index in [0.717, 1.165) is 169 Å². The second-order valence-corrected chi connectivity index (χ2v) is 23.6. The number of unbranched alkanes of at least 4 members (excludes halogenated alkanes) is 12. The van der Waals surface area contributed by atoms with Crippen molar-refractivity contribution in [2.45, 2.75) is 201 Å². The zero-order valence-electron chi connectivity index (χ0n) is 50.5. The first-order valence-corrected chi connectivity index (χ1v) is 31.6. The van der Waals surface area contributed by atoms with Gasteiger partial charge in [0.15, 0.2) is 13.5 Å². The average Bonchev–Trinajstić information content (AvgIpc) is 3.91. The number of aryl methyl sites for hydroxylation is 1. The smallest absolute Gasteiger partial charge is 0.411 e. The van der Waals surface area contributed by atoms with Crippen LogP contribution in [-0.2, 0) is 34.2 Å². The van der Waals surface area contributed by atoms with Crippen LogP contribution in [0.4, 0.5) is 14.4 Å². The van der Waals surface area contributed by atoms with E-state index in [1.165, 1.54) is 0 Å². The number of hydrogen-bond acceptors (Lipinski definition) is 10. The summed E-state index contributed by atoms with van der Waals surface area (Å²) in [6.45, 7) is 19.0. The Morgan fingerprint density at radius 2 is 1.20 bits per heavy atom. The summed E-state index contributed by atoms with van der Waals surface area (Å²) in [4.78, 5) is 83.2. The number of amides is 5. The van der Waals surface area contributed by atoms with Gasteiger partial charge >= 0.3 is 18.2 Å². The molecule has 0 aliphatic carbocycles. The minimum absolute atomic E-state index is 0.00993. The lowest BCUT2D eigenvalue weighted by Crippen LogP contribution is -2.59. The van der Waals surface area contributed by atoms with Crippen LogP contribution in [0.1, 0.15) is 179 Å². The molecule has 3 fully saturated rings. The monoisotopic (exact) mass is 1120 g/mol. The summed E-state index contributed by atoms with van der Waals surface area (Å²) in [5, 5.41) is 9.80. The molecule has 2 aromatic carbocycles. The van der Waals surface area contributed by atoms with Crippen molar-refractivity contribution < 1.29 is 28.7 Å². The van der Waals surface area contributed by atoms with Gasteiger partial charge in [-0.05, 0) is 119 Å². The topological polar surface area (TPSA) is 158 Å². The van der Waals surface area contributed by atoms with E-state index in [9.17, 15) is 24.0 Å². The van der Waals surface area contributed by atoms with Crippen molar-refractivity contribution in [3.05, 3.63) is 75.7 Å². The van der Waals surface area contributed by atoms with Gasteiger partial charge in [0.2, 0.25) is 5.91 Å². The normalized spacial score (nSPS) is 16.3. The molecule has 0 spiro atoms. The third-order valence-corrected chi connectivity index (χ3v) is 17.3. The van der Waals surface area contributed by atoms with Crippen molar-refractivity contribution >= 4 is 45.9 Å². The lowest BCUT2D eigenvalue weighted by atomic mass is 9.89. The minimum atomic E-state index is -0.822. The van der Waals surface area contributed by atoms with Gasteiger partial charge in [0, 0.05) is 95.1 Å². The molecule has 2 aromatic heterocycles. The van der Waals surface area contributed by atoms with Crippen molar-refractivity contribution in [1.29, 1.82) is 0 Å². The lowest BCUT2D eigenvalue weighted by Gasteiger charge is -2.43. The molecule has 5 amide bonds. The quantitative estimate of drug-likeness (QED) is 0.0498. The number of pyridine rings is 1. The molecule has 17 heteroatoms. The summed E-state index contributed by atoms with van der Waals surface area (Å²) in [5.74, 6) is -0.215. The Bertz CT molecular complexity index is 2620. The Morgan fingerprint density at radius 1 is 0.642 bits per heavy atom. The highest BCUT2D eigenvalue weighted by Crippen LogP contribution is 2.29. The van der Waals surface area contributed by atoms with Crippen LogP contribution in [0.15, 0.2) is 53.5 Å². The van der Waals surface area contributed by atoms with Crippen molar-refractivity contribution in [3.63, 3.8) is 0 Å². The molecule has 17 nitrogen and oxygen atoms in total. The summed E-state index contributed by atoms with van der Waals surface area (Å²) < 4.78 is 15.1. The van der Waals surface area contributed by atoms with Crippen LogP contribution in [0.3, 0.4) is 0 Å². The van der Waals surface area contributed by atoms with Crippen molar-refractivity contribution in [2.24, 2.45) is 0 Å². The summed E-state index contributed by atoms with van der Waals surface area (Å²) in [6.07, 6.45) is 21.9. The molecule has 3 aliphatic heterocycles. The Kier molecular flexibility index (Phi) is 25.5. The number of carbonyl (C=O) groups excluding carboxylic acids is 4. The number of hydrogen-bond donors (Lipinski definition) is 1. The first kappa shape index (κ1) is 62.9. The Hall–Kier alpha value is -5.68. The van der Waals surface area contributed by atoms with Gasteiger partial charge in [-0.3, -0.25) is 19.1 Å². The van der Waals surface area contributed by atoms with Gasteiger partial charge in [-0.1, -0.05) is 129 Å². The molecular formula is C64H100N10O7. The van der Waals surface area contributed by atoms with Crippen LogP contribution in [0.5, 0.6) is 0 Å². The van der Waals surface area contributed by atoms with E-state index in [1.807, 2.05) is 70.3 Å². The SMILES string of the molecule is CCCCCCN(CCCCCC)C(=O)OCn1cc2cc(CC(NC(=O)N3CCC(c4cc5ccccc5n(COC(=O)N(CCCCCC)CCCCCC)c4=O)CC3)C(=O)N3CCN(C4CCN(C)CC4)CC3)cc(C)c2n1. The lowest BCUT2D eigenvalue weighted by molar-refractivity contribution is -0.135. The van der Waals surface area contributed by atoms with Gasteiger partial charge in [0.1, 0.15) is 6.04 Å². The van der Waals surface area contributed by atoms with Crippen LogP contribution in [0.25, 0.3) is 21.8 Å². The highest BCUT2D eigenvalue weighted by atomic mass is 16.6. The van der Waals surface area contributed by atoms with Crippen LogP contribution in [0, 0.1) is 6.92 Å². The number of nitrogens with zero attached hydrogens (tertiary/aromatic N) is 9. The van der Waals surface area contributed by atoms with Crippen molar-refractivity contribution in [1.82, 2.24) is 49.1 Å². The number of piperazine rings is 1. The van der Waals surface area contributed by atoms with E-state index in [4.69, 9.17) is 14.6 Å². The summed E-state index contributed by atoms with van der Waals surface area (Å²) in [5.41, 5.74) is 3.79. The van der Waals surface area contributed by atoms with Crippen LogP contribution in [0.2, 0.25) is 0 Å². The number of piperidine rings is 2. The number of fused-ring (bicyclic) bond motifs is 2. The molecule has 4 aromatic rings. The summed E-state index contributed by atoms with van der Waals surface area (Å²) >= 11 is 0. The van der Waals surface area contributed by atoms with Gasteiger partial charge in [-0.25, -0.2) is 19.1 Å². The van der Waals surface area contributed by atoms with Crippen molar-refractivity contribution in [2.75, 3.05) is 85.6 Å². The van der Waals surface area contributed by atoms with Gasteiger partial charge in [0.25, 0.3) is 5.56 Å². The molecule has 1 unspecified atom stereocenters. The fraction of sp³-hybridized carbons (Fsp3) is 0.688. The average molecular weight is 1120 g/mol. The zero-order valence-corrected chi connectivity index (χ0v) is 50.5. The second-order valence-electron chi connectivity index (χ2n) is 23.6. The molecule has 5 heterocycles. The third-order valence-electron chi connectivity index (χ3n) is 17.3. The summed E-state index contributed by atoms with van der Waals surface area (Å²) in [6, 6.07) is 13.2. The van der Waals surface area contributed by atoms with E-state index in [-0.39, 0.29) is 55.5 Å². The first-order valence-electron chi connectivity index (χ1n) is 31.6. The molecule has 1 N–H and O–H groups in total. The highest BCUT2D eigenvalue weighted by molar-refractivity contribution is 5.88. The Labute approximate surface area is 484 Å². The van der Waals surface area contributed by atoms with E-state index in [0.29, 0.717) is 82.3 Å². The van der Waals surface area contributed by atoms with E-state index in [2.05, 4.69) is 49.9 Å². The molecule has 3 saturated heterocycles. The number of aromatic nitrogens is 3. The van der Waals surface area contributed by atoms with Crippen LogP contribution >= 0.6 is 0 Å². The van der Waals surface area contributed by atoms with Crippen LogP contribution < -0.4 is 10.9 Å². The zero-order chi connectivity index (χ0) is 57.5. The van der Waals surface area contributed by atoms with E-state index < -0.39 is 6.04 Å². The number of ether oxygens (including phenoxy) is 2. The number of rotatable bonds is 30. The van der Waals surface area contributed by atoms with E-state index >= 15 is 0 Å². The number of para-hydroxylation sites is 1. The predicted molar refractivity (Wildman–Crippen MR) is 324 cm³/mol. The van der Waals surface area contributed by atoms with Gasteiger partial charge in [-0.2, -0.15) is 5.10 Å². The van der Waals surface area contributed by atoms with E-state index in [1.54, 1.807) is 14.1 Å². The maximum Gasteiger partial charge on any atom is 0.411 e. The van der Waals surface area contributed by atoms with Gasteiger partial charge < -0.3 is 39.3 Å². The fourth-order valence-electron chi connectivity index (χ4n) is 12.3. The predicted octanol–water partition coefficient (Wildman–Crippen LogP) is 11.5. The van der Waals surface area contributed by atoms with Crippen molar-refractivity contribution in [3.8, 4) is 0 Å². The Morgan fingerprint density at radius 3 is 1.77 bits per heavy atom. The maximum absolute atomic E-state index is 14.8. The highest BCUT2D eigenvalue weighted by Gasteiger charge is 2.34. The maximum atomic E-state index is 14.8. The number of benzene rings is 2. The summed E-state index contributed by atoms with van der Waals surface area (Å²) in [7, 11) is 2.18. The molecular weight excluding hydrogens is 1020 g/mol.